The molecule has 0 aliphatic heterocycles. The molecule has 0 unspecified atom stereocenters. The first-order chi connectivity index (χ1) is 9.33. The Balaban J connectivity index is 1.91. The molecule has 1 saturated carbocycles. The molecule has 0 radical (unpaired) electrons. The molecule has 1 aromatic heterocycles. The second-order valence-corrected chi connectivity index (χ2v) is 6.50. The molecule has 5 heteroatoms. The van der Waals surface area contributed by atoms with Gasteiger partial charge in [-0.2, -0.15) is 0 Å². The van der Waals surface area contributed by atoms with Gasteiger partial charge in [-0.05, 0) is 45.7 Å². The number of anilines is 1. The third kappa shape index (κ3) is 4.42. The zero-order valence-corrected chi connectivity index (χ0v) is 12.4. The normalized spacial score (nSPS) is 24.1. The molecule has 1 aromatic rings. The molecule has 1 atom stereocenters. The number of nitrogens with one attached hydrogen (secondary N) is 2. The van der Waals surface area contributed by atoms with Crippen molar-refractivity contribution in [2.75, 3.05) is 11.9 Å². The average Bonchev–Trinajstić information content (AvgIpc) is 2.33. The summed E-state index contributed by atoms with van der Waals surface area (Å²) in [7, 11) is 0. The van der Waals surface area contributed by atoms with Gasteiger partial charge in [-0.3, -0.25) is 0 Å². The van der Waals surface area contributed by atoms with E-state index in [0.29, 0.717) is 30.9 Å². The number of hydrogen-bond acceptors (Lipinski definition) is 4. The fourth-order valence-electron chi connectivity index (χ4n) is 2.10. The van der Waals surface area contributed by atoms with Crippen LogP contribution >= 0.6 is 0 Å². The molecule has 0 spiro atoms. The molecule has 1 aliphatic rings. The number of nitrogens with zero attached hydrogens (tertiary/aromatic N) is 1. The summed E-state index contributed by atoms with van der Waals surface area (Å²) in [5, 5.41) is 16.6. The van der Waals surface area contributed by atoms with Crippen LogP contribution in [0.2, 0.25) is 0 Å². The number of β-amino-alcohol motifs (C(OH)–C–C–N with tert-alkyl or cyclic N) is 1. The smallest absolute Gasteiger partial charge is 0.126 e. The third-order valence-electron chi connectivity index (χ3n) is 3.37. The van der Waals surface area contributed by atoms with E-state index in [-0.39, 0.29) is 11.6 Å². The number of rotatable bonds is 5. The van der Waals surface area contributed by atoms with E-state index < -0.39 is 12.3 Å². The number of pyridine rings is 1. The summed E-state index contributed by atoms with van der Waals surface area (Å²) >= 11 is 0. The van der Waals surface area contributed by atoms with Gasteiger partial charge < -0.3 is 15.7 Å². The van der Waals surface area contributed by atoms with Crippen molar-refractivity contribution in [3.8, 4) is 0 Å². The van der Waals surface area contributed by atoms with Gasteiger partial charge in [-0.25, -0.2) is 9.37 Å². The largest absolute Gasteiger partial charge is 0.385 e. The Kier molecular flexibility index (Phi) is 4.60. The fraction of sp³-hybridized carbons (Fsp3) is 0.667. The number of halogens is 1. The van der Waals surface area contributed by atoms with Crippen molar-refractivity contribution in [1.82, 2.24) is 10.3 Å². The van der Waals surface area contributed by atoms with Crippen LogP contribution < -0.4 is 10.6 Å². The highest BCUT2D eigenvalue weighted by atomic mass is 19.1. The Bertz CT molecular complexity index is 441. The highest BCUT2D eigenvalue weighted by molar-refractivity contribution is 5.37. The predicted molar refractivity (Wildman–Crippen MR) is 78.5 cm³/mol. The van der Waals surface area contributed by atoms with Gasteiger partial charge in [0.05, 0.1) is 5.69 Å². The Morgan fingerprint density at radius 3 is 2.70 bits per heavy atom. The quantitative estimate of drug-likeness (QED) is 0.776. The van der Waals surface area contributed by atoms with Crippen molar-refractivity contribution in [3.05, 3.63) is 23.9 Å². The highest BCUT2D eigenvalue weighted by Crippen LogP contribution is 2.26. The highest BCUT2D eigenvalue weighted by Gasteiger charge is 2.28. The lowest BCUT2D eigenvalue weighted by Crippen LogP contribution is -2.39. The van der Waals surface area contributed by atoms with Gasteiger partial charge in [-0.15, -0.1) is 0 Å². The van der Waals surface area contributed by atoms with Gasteiger partial charge in [-0.1, -0.05) is 6.07 Å². The molecular weight excluding hydrogens is 257 g/mol. The van der Waals surface area contributed by atoms with Crippen molar-refractivity contribution >= 4 is 5.82 Å². The minimum atomic E-state index is -0.683. The van der Waals surface area contributed by atoms with Crippen LogP contribution in [-0.2, 0) is 0 Å². The standard InChI is InChI=1S/C15H24FN3O/c1-15(2,3)17-9-13(20)12-5-4-6-14(19-12)18-11-7-10(16)8-11/h4-6,10-11,13,17,20H,7-9H2,1-3H3,(H,18,19)/t10?,11?,13-/m0/s1. The lowest BCUT2D eigenvalue weighted by molar-refractivity contribution is 0.159. The summed E-state index contributed by atoms with van der Waals surface area (Å²) < 4.78 is 12.8. The van der Waals surface area contributed by atoms with E-state index in [2.05, 4.69) is 36.4 Å². The Hall–Kier alpha value is -1.20. The lowest BCUT2D eigenvalue weighted by atomic mass is 9.91. The molecule has 0 aromatic carbocycles. The zero-order chi connectivity index (χ0) is 14.8. The first-order valence-electron chi connectivity index (χ1n) is 7.14. The maximum absolute atomic E-state index is 12.8. The maximum Gasteiger partial charge on any atom is 0.126 e. The molecule has 3 N–H and O–H groups in total. The zero-order valence-electron chi connectivity index (χ0n) is 12.4. The topological polar surface area (TPSA) is 57.2 Å². The van der Waals surface area contributed by atoms with E-state index in [9.17, 15) is 9.50 Å². The van der Waals surface area contributed by atoms with Gasteiger partial charge in [0.15, 0.2) is 0 Å². The molecule has 1 fully saturated rings. The number of hydrogen-bond donors (Lipinski definition) is 3. The predicted octanol–water partition coefficient (Wildman–Crippen LogP) is 2.42. The minimum Gasteiger partial charge on any atom is -0.385 e. The SMILES string of the molecule is CC(C)(C)NC[C@H](O)c1cccc(NC2CC(F)C2)n1. The van der Waals surface area contributed by atoms with Gasteiger partial charge in [0, 0.05) is 18.1 Å². The second kappa shape index (κ2) is 6.06. The summed E-state index contributed by atoms with van der Waals surface area (Å²) in [5.41, 5.74) is 0.585. The Labute approximate surface area is 119 Å². The van der Waals surface area contributed by atoms with Crippen LogP contribution in [0.25, 0.3) is 0 Å². The van der Waals surface area contributed by atoms with Gasteiger partial charge in [0.2, 0.25) is 0 Å². The van der Waals surface area contributed by atoms with Crippen LogP contribution in [-0.4, -0.2) is 34.4 Å². The van der Waals surface area contributed by atoms with E-state index in [1.165, 1.54) is 0 Å². The molecule has 1 aliphatic carbocycles. The summed E-state index contributed by atoms with van der Waals surface area (Å²) in [6.07, 6.45) is -0.247. The molecule has 112 valence electrons. The van der Waals surface area contributed by atoms with E-state index in [0.717, 1.165) is 0 Å². The molecule has 20 heavy (non-hydrogen) atoms. The summed E-state index contributed by atoms with van der Waals surface area (Å²) in [4.78, 5) is 4.40. The molecule has 4 nitrogen and oxygen atoms in total. The van der Waals surface area contributed by atoms with Gasteiger partial charge >= 0.3 is 0 Å². The van der Waals surface area contributed by atoms with Crippen LogP contribution in [0, 0.1) is 0 Å². The molecule has 0 saturated heterocycles. The lowest BCUT2D eigenvalue weighted by Gasteiger charge is -2.31. The number of aliphatic hydroxyl groups is 1. The Morgan fingerprint density at radius 2 is 2.10 bits per heavy atom. The number of aliphatic hydroxyl groups excluding tert-OH is 1. The Morgan fingerprint density at radius 1 is 1.40 bits per heavy atom. The van der Waals surface area contributed by atoms with Crippen LogP contribution in [0.4, 0.5) is 10.2 Å². The second-order valence-electron chi connectivity index (χ2n) is 6.50. The van der Waals surface area contributed by atoms with E-state index in [1.54, 1.807) is 6.07 Å². The molecule has 2 rings (SSSR count). The molecule has 0 amide bonds. The van der Waals surface area contributed by atoms with Crippen molar-refractivity contribution in [2.45, 2.75) is 57.5 Å². The summed E-state index contributed by atoms with van der Waals surface area (Å²) in [6.45, 7) is 6.61. The molecular formula is C15H24FN3O. The summed E-state index contributed by atoms with van der Waals surface area (Å²) in [6, 6.07) is 5.67. The first-order valence-corrected chi connectivity index (χ1v) is 7.14. The molecule has 0 bridgehead atoms. The maximum atomic E-state index is 12.8. The van der Waals surface area contributed by atoms with E-state index in [4.69, 9.17) is 0 Å². The van der Waals surface area contributed by atoms with Gasteiger partial charge in [0.1, 0.15) is 18.1 Å². The van der Waals surface area contributed by atoms with Crippen molar-refractivity contribution in [2.24, 2.45) is 0 Å². The third-order valence-corrected chi connectivity index (χ3v) is 3.37. The number of alkyl halides is 1. The van der Waals surface area contributed by atoms with Crippen LogP contribution in [0.5, 0.6) is 0 Å². The summed E-state index contributed by atoms with van der Waals surface area (Å²) in [5.74, 6) is 0.703. The van der Waals surface area contributed by atoms with E-state index in [1.807, 2.05) is 12.1 Å². The minimum absolute atomic E-state index is 0.0427. The van der Waals surface area contributed by atoms with Crippen LogP contribution in [0.3, 0.4) is 0 Å². The first kappa shape index (κ1) is 15.2. The fourth-order valence-corrected chi connectivity index (χ4v) is 2.10. The van der Waals surface area contributed by atoms with Crippen molar-refractivity contribution in [3.63, 3.8) is 0 Å². The van der Waals surface area contributed by atoms with Crippen LogP contribution in [0.1, 0.15) is 45.4 Å². The van der Waals surface area contributed by atoms with Gasteiger partial charge in [0.25, 0.3) is 0 Å². The number of aromatic nitrogens is 1. The molecule has 1 heterocycles. The van der Waals surface area contributed by atoms with E-state index >= 15 is 0 Å². The van der Waals surface area contributed by atoms with Crippen molar-refractivity contribution < 1.29 is 9.50 Å². The van der Waals surface area contributed by atoms with Crippen LogP contribution in [0.15, 0.2) is 18.2 Å². The van der Waals surface area contributed by atoms with Crippen molar-refractivity contribution in [1.29, 1.82) is 0 Å². The monoisotopic (exact) mass is 281 g/mol. The average molecular weight is 281 g/mol.